The van der Waals surface area contributed by atoms with Gasteiger partial charge in [-0.2, -0.15) is 0 Å². The quantitative estimate of drug-likeness (QED) is 0.317. The van der Waals surface area contributed by atoms with Gasteiger partial charge in [0.2, 0.25) is 0 Å². The summed E-state index contributed by atoms with van der Waals surface area (Å²) in [6, 6.07) is 14.3. The molecule has 0 aliphatic heterocycles. The molecule has 130 valence electrons. The van der Waals surface area contributed by atoms with Crippen molar-refractivity contribution in [2.24, 2.45) is 0 Å². The third-order valence-electron chi connectivity index (χ3n) is 5.32. The van der Waals surface area contributed by atoms with Crippen LogP contribution < -0.4 is 0 Å². The van der Waals surface area contributed by atoms with E-state index in [1.54, 1.807) is 13.8 Å². The molecule has 0 aromatic heterocycles. The fourth-order valence-corrected chi connectivity index (χ4v) is 3.95. The second-order valence-electron chi connectivity index (χ2n) is 8.24. The smallest absolute Gasteiger partial charge is 0.160 e. The maximum absolute atomic E-state index is 12.4. The molecule has 4 rings (SSSR count). The molecule has 4 aromatic rings. The van der Waals surface area contributed by atoms with Crippen LogP contribution in [-0.2, 0) is 5.41 Å². The Labute approximate surface area is 153 Å². The van der Waals surface area contributed by atoms with Crippen molar-refractivity contribution >= 4 is 43.9 Å². The molecule has 26 heavy (non-hydrogen) atoms. The highest BCUT2D eigenvalue weighted by Gasteiger charge is 2.21. The number of hydrogen-bond donors (Lipinski definition) is 0. The molecule has 0 bridgehead atoms. The summed E-state index contributed by atoms with van der Waals surface area (Å²) in [4.78, 5) is 24.7. The Kier molecular flexibility index (Phi) is 3.46. The van der Waals surface area contributed by atoms with E-state index < -0.39 is 0 Å². The van der Waals surface area contributed by atoms with E-state index in [1.165, 1.54) is 5.56 Å². The zero-order valence-electron chi connectivity index (χ0n) is 15.9. The van der Waals surface area contributed by atoms with Gasteiger partial charge in [0.05, 0.1) is 0 Å². The lowest BCUT2D eigenvalue weighted by molar-refractivity contribution is 0.101. The van der Waals surface area contributed by atoms with Gasteiger partial charge >= 0.3 is 0 Å². The normalized spacial score (nSPS) is 12.3. The van der Waals surface area contributed by atoms with Gasteiger partial charge in [-0.15, -0.1) is 0 Å². The molecule has 0 aliphatic carbocycles. The van der Waals surface area contributed by atoms with Gasteiger partial charge in [-0.05, 0) is 75.3 Å². The summed E-state index contributed by atoms with van der Waals surface area (Å²) in [5.74, 6) is 0.128. The van der Waals surface area contributed by atoms with Crippen LogP contribution in [0.15, 0.2) is 42.5 Å². The van der Waals surface area contributed by atoms with Gasteiger partial charge in [-0.25, -0.2) is 0 Å². The molecule has 0 fully saturated rings. The lowest BCUT2D eigenvalue weighted by Gasteiger charge is -2.23. The molecule has 0 atom stereocenters. The molecule has 0 radical (unpaired) electrons. The highest BCUT2D eigenvalue weighted by atomic mass is 16.1. The molecule has 0 saturated carbocycles. The number of rotatable bonds is 2. The van der Waals surface area contributed by atoms with Crippen molar-refractivity contribution in [1.29, 1.82) is 0 Å². The number of hydrogen-bond acceptors (Lipinski definition) is 2. The van der Waals surface area contributed by atoms with Gasteiger partial charge in [0, 0.05) is 11.1 Å². The van der Waals surface area contributed by atoms with Crippen LogP contribution in [0.1, 0.15) is 60.9 Å². The summed E-state index contributed by atoms with van der Waals surface area (Å²) in [6.07, 6.45) is 0. The third-order valence-corrected chi connectivity index (χ3v) is 5.32. The fraction of sp³-hybridized carbons (Fsp3) is 0.250. The van der Waals surface area contributed by atoms with E-state index in [2.05, 4.69) is 32.9 Å². The average Bonchev–Trinajstić information content (AvgIpc) is 2.57. The van der Waals surface area contributed by atoms with Gasteiger partial charge in [-0.3, -0.25) is 9.59 Å². The van der Waals surface area contributed by atoms with E-state index in [0.29, 0.717) is 0 Å². The van der Waals surface area contributed by atoms with Gasteiger partial charge < -0.3 is 0 Å². The van der Waals surface area contributed by atoms with Crippen molar-refractivity contribution in [1.82, 2.24) is 0 Å². The zero-order valence-corrected chi connectivity index (χ0v) is 15.9. The molecule has 0 heterocycles. The summed E-state index contributed by atoms with van der Waals surface area (Å²) < 4.78 is 0. The largest absolute Gasteiger partial charge is 0.294 e. The standard InChI is InChI=1S/C24H22O2/c1-13(25)19-11-16-9-17(24(3,4)5)12-21-20(14(2)26)10-15-7-6-8-18(19)22(15)23(16)21/h6-12H,1-5H3. The minimum Gasteiger partial charge on any atom is -0.294 e. The van der Waals surface area contributed by atoms with Crippen molar-refractivity contribution < 1.29 is 9.59 Å². The molecule has 0 unspecified atom stereocenters. The van der Waals surface area contributed by atoms with Crippen LogP contribution in [0.3, 0.4) is 0 Å². The van der Waals surface area contributed by atoms with E-state index in [0.717, 1.165) is 43.4 Å². The Bertz CT molecular complexity index is 1210. The van der Waals surface area contributed by atoms with E-state index >= 15 is 0 Å². The second-order valence-corrected chi connectivity index (χ2v) is 8.24. The van der Waals surface area contributed by atoms with Gasteiger partial charge in [-0.1, -0.05) is 45.0 Å². The maximum Gasteiger partial charge on any atom is 0.160 e. The van der Waals surface area contributed by atoms with Crippen molar-refractivity contribution in [2.75, 3.05) is 0 Å². The molecule has 4 aromatic carbocycles. The first-order chi connectivity index (χ1) is 12.2. The Morgan fingerprint density at radius 3 is 1.92 bits per heavy atom. The number of carbonyl (C=O) groups excluding carboxylic acids is 2. The van der Waals surface area contributed by atoms with Crippen LogP contribution in [0.4, 0.5) is 0 Å². The Balaban J connectivity index is 2.35. The molecule has 0 N–H and O–H groups in total. The Morgan fingerprint density at radius 1 is 0.731 bits per heavy atom. The van der Waals surface area contributed by atoms with E-state index in [4.69, 9.17) is 0 Å². The van der Waals surface area contributed by atoms with Crippen molar-refractivity contribution in [2.45, 2.75) is 40.0 Å². The summed E-state index contributed by atoms with van der Waals surface area (Å²) in [5, 5.41) is 6.16. The average molecular weight is 342 g/mol. The SMILES string of the molecule is CC(=O)c1cc2cc(C(C)(C)C)cc3c(C(C)=O)cc4cccc1c4c23. The molecule has 0 aliphatic rings. The molecule has 0 amide bonds. The molecule has 2 nitrogen and oxygen atoms in total. The van der Waals surface area contributed by atoms with Gasteiger partial charge in [0.25, 0.3) is 0 Å². The van der Waals surface area contributed by atoms with Crippen LogP contribution in [-0.4, -0.2) is 11.6 Å². The summed E-state index contributed by atoms with van der Waals surface area (Å²) >= 11 is 0. The minimum atomic E-state index is -0.0467. The Morgan fingerprint density at radius 2 is 1.31 bits per heavy atom. The predicted molar refractivity (Wildman–Crippen MR) is 109 cm³/mol. The van der Waals surface area contributed by atoms with Crippen molar-refractivity contribution in [3.8, 4) is 0 Å². The second kappa shape index (κ2) is 5.38. The van der Waals surface area contributed by atoms with E-state index in [1.807, 2.05) is 30.3 Å². The highest BCUT2D eigenvalue weighted by molar-refractivity contribution is 6.30. The molecule has 0 spiro atoms. The molecular formula is C24H22O2. The fourth-order valence-electron chi connectivity index (χ4n) is 3.95. The number of ketones is 2. The van der Waals surface area contributed by atoms with Crippen LogP contribution in [0, 0.1) is 0 Å². The topological polar surface area (TPSA) is 34.1 Å². The van der Waals surface area contributed by atoms with Crippen molar-refractivity contribution in [3.05, 3.63) is 59.2 Å². The monoisotopic (exact) mass is 342 g/mol. The highest BCUT2D eigenvalue weighted by Crippen LogP contribution is 2.41. The van der Waals surface area contributed by atoms with Gasteiger partial charge in [0.15, 0.2) is 11.6 Å². The lowest BCUT2D eigenvalue weighted by atomic mass is 9.81. The zero-order chi connectivity index (χ0) is 18.8. The summed E-state index contributed by atoms with van der Waals surface area (Å²) in [7, 11) is 0. The van der Waals surface area contributed by atoms with Crippen LogP contribution in [0.5, 0.6) is 0 Å². The third kappa shape index (κ3) is 2.33. The molecule has 2 heteroatoms. The van der Waals surface area contributed by atoms with Crippen LogP contribution in [0.25, 0.3) is 32.3 Å². The molecular weight excluding hydrogens is 320 g/mol. The number of Topliss-reactive ketones (excluding diaryl/α,β-unsaturated/α-hetero) is 2. The van der Waals surface area contributed by atoms with E-state index in [9.17, 15) is 9.59 Å². The predicted octanol–water partition coefficient (Wildman–Crippen LogP) is 6.29. The molecule has 0 saturated heterocycles. The van der Waals surface area contributed by atoms with Crippen molar-refractivity contribution in [3.63, 3.8) is 0 Å². The summed E-state index contributed by atoms with van der Waals surface area (Å²) in [5.41, 5.74) is 2.61. The van der Waals surface area contributed by atoms with Crippen LogP contribution >= 0.6 is 0 Å². The first-order valence-corrected chi connectivity index (χ1v) is 8.96. The van der Waals surface area contributed by atoms with Gasteiger partial charge in [0.1, 0.15) is 0 Å². The van der Waals surface area contributed by atoms with Crippen LogP contribution in [0.2, 0.25) is 0 Å². The first-order valence-electron chi connectivity index (χ1n) is 8.96. The Hall–Kier alpha value is -2.74. The maximum atomic E-state index is 12.4. The first kappa shape index (κ1) is 16.7. The lowest BCUT2D eigenvalue weighted by Crippen LogP contribution is -2.11. The minimum absolute atomic E-state index is 0.0467. The number of carbonyl (C=O) groups is 2. The van der Waals surface area contributed by atoms with E-state index in [-0.39, 0.29) is 17.0 Å². The number of benzene rings is 4. The summed E-state index contributed by atoms with van der Waals surface area (Å²) in [6.45, 7) is 9.73.